The number of benzene rings is 1. The van der Waals surface area contributed by atoms with E-state index in [4.69, 9.17) is 23.2 Å². The molecule has 0 amide bonds. The molecule has 0 unspecified atom stereocenters. The average molecular weight is 392 g/mol. The normalized spacial score (nSPS) is 11.3. The molecule has 0 atom stereocenters. The van der Waals surface area contributed by atoms with Gasteiger partial charge in [-0.2, -0.15) is 10.2 Å². The first kappa shape index (κ1) is 19.0. The molecule has 3 rings (SSSR count). The summed E-state index contributed by atoms with van der Waals surface area (Å²) in [5, 5.41) is 13.7. The molecule has 7 heteroatoms. The van der Waals surface area contributed by atoms with Crippen LogP contribution in [0, 0.1) is 20.8 Å². The lowest BCUT2D eigenvalue weighted by atomic mass is 10.2. The molecule has 3 aromatic rings. The van der Waals surface area contributed by atoms with E-state index in [2.05, 4.69) is 28.5 Å². The second-order valence-electron chi connectivity index (χ2n) is 6.40. The molecule has 0 bridgehead atoms. The van der Waals surface area contributed by atoms with Crippen molar-refractivity contribution in [1.82, 2.24) is 24.9 Å². The zero-order valence-corrected chi connectivity index (χ0v) is 16.8. The van der Waals surface area contributed by atoms with E-state index in [-0.39, 0.29) is 0 Å². The summed E-state index contributed by atoms with van der Waals surface area (Å²) in [6.07, 6.45) is 0.997. The van der Waals surface area contributed by atoms with Crippen LogP contribution in [0.1, 0.15) is 29.1 Å². The molecule has 0 aliphatic rings. The zero-order chi connectivity index (χ0) is 18.7. The highest BCUT2D eigenvalue weighted by Crippen LogP contribution is 2.27. The topological polar surface area (TPSA) is 47.7 Å². The fraction of sp³-hybridized carbons (Fsp3) is 0.368. The second-order valence-corrected chi connectivity index (χ2v) is 7.16. The quantitative estimate of drug-likeness (QED) is 0.603. The maximum absolute atomic E-state index is 6.56. The first-order valence-electron chi connectivity index (χ1n) is 8.68. The van der Waals surface area contributed by atoms with Crippen LogP contribution in [0.2, 0.25) is 10.2 Å². The molecule has 0 saturated carbocycles. The first-order chi connectivity index (χ1) is 12.5. The smallest absolute Gasteiger partial charge is 0.137 e. The molecule has 26 heavy (non-hydrogen) atoms. The maximum atomic E-state index is 6.56. The van der Waals surface area contributed by atoms with Gasteiger partial charge in [0, 0.05) is 24.3 Å². The van der Waals surface area contributed by atoms with Crippen molar-refractivity contribution in [3.8, 4) is 5.69 Å². The van der Waals surface area contributed by atoms with Crippen molar-refractivity contribution in [2.24, 2.45) is 0 Å². The van der Waals surface area contributed by atoms with Crippen LogP contribution >= 0.6 is 23.2 Å². The number of halogens is 2. The lowest BCUT2D eigenvalue weighted by Gasteiger charge is -2.07. The van der Waals surface area contributed by atoms with Crippen molar-refractivity contribution in [3.63, 3.8) is 0 Å². The Labute approximate surface area is 163 Å². The van der Waals surface area contributed by atoms with E-state index in [0.29, 0.717) is 16.7 Å². The predicted molar refractivity (Wildman–Crippen MR) is 106 cm³/mol. The number of hydrogen-bond donors (Lipinski definition) is 1. The van der Waals surface area contributed by atoms with Crippen LogP contribution in [0.5, 0.6) is 0 Å². The molecule has 2 heterocycles. The minimum atomic E-state index is 0.599. The second kappa shape index (κ2) is 8.25. The zero-order valence-electron chi connectivity index (χ0n) is 15.3. The molecule has 5 nitrogen and oxygen atoms in total. The highest BCUT2D eigenvalue weighted by atomic mass is 35.5. The van der Waals surface area contributed by atoms with Crippen molar-refractivity contribution in [1.29, 1.82) is 0 Å². The summed E-state index contributed by atoms with van der Waals surface area (Å²) >= 11 is 12.8. The van der Waals surface area contributed by atoms with Crippen LogP contribution in [-0.2, 0) is 13.1 Å². The number of rotatable bonds is 7. The summed E-state index contributed by atoms with van der Waals surface area (Å²) in [5.74, 6) is 0. The molecule has 0 saturated heterocycles. The van der Waals surface area contributed by atoms with Gasteiger partial charge in [0.15, 0.2) is 0 Å². The van der Waals surface area contributed by atoms with Gasteiger partial charge >= 0.3 is 0 Å². The van der Waals surface area contributed by atoms with Gasteiger partial charge in [-0.25, -0.2) is 4.68 Å². The average Bonchev–Trinajstić information content (AvgIpc) is 3.07. The van der Waals surface area contributed by atoms with Crippen molar-refractivity contribution in [2.75, 3.05) is 6.54 Å². The molecule has 138 valence electrons. The number of hydrogen-bond acceptors (Lipinski definition) is 3. The first-order valence-corrected chi connectivity index (χ1v) is 9.43. The Kier molecular flexibility index (Phi) is 6.01. The Morgan fingerprint density at radius 3 is 2.54 bits per heavy atom. The highest BCUT2D eigenvalue weighted by Gasteiger charge is 2.15. The number of para-hydroxylation sites is 1. The van der Waals surface area contributed by atoms with Crippen LogP contribution in [0.4, 0.5) is 0 Å². The van der Waals surface area contributed by atoms with E-state index in [1.54, 1.807) is 4.68 Å². The lowest BCUT2D eigenvalue weighted by molar-refractivity contribution is 0.532. The third-order valence-corrected chi connectivity index (χ3v) is 5.04. The molecule has 0 spiro atoms. The fourth-order valence-corrected chi connectivity index (χ4v) is 3.53. The van der Waals surface area contributed by atoms with E-state index in [1.165, 1.54) is 5.69 Å². The summed E-state index contributed by atoms with van der Waals surface area (Å²) in [6.45, 7) is 8.52. The van der Waals surface area contributed by atoms with E-state index in [0.717, 1.165) is 42.1 Å². The summed E-state index contributed by atoms with van der Waals surface area (Å²) in [6, 6.07) is 9.65. The Bertz CT molecular complexity index is 897. The number of aromatic nitrogens is 4. The largest absolute Gasteiger partial charge is 0.312 e. The van der Waals surface area contributed by atoms with Crippen LogP contribution in [0.25, 0.3) is 5.69 Å². The Balaban J connectivity index is 1.59. The monoisotopic (exact) mass is 391 g/mol. The van der Waals surface area contributed by atoms with Crippen molar-refractivity contribution in [2.45, 2.75) is 40.3 Å². The van der Waals surface area contributed by atoms with Crippen LogP contribution < -0.4 is 5.32 Å². The lowest BCUT2D eigenvalue weighted by Crippen LogP contribution is -2.17. The third-order valence-electron chi connectivity index (χ3n) is 4.33. The van der Waals surface area contributed by atoms with Gasteiger partial charge in [0.2, 0.25) is 0 Å². The molecular weight excluding hydrogens is 369 g/mol. The van der Waals surface area contributed by atoms with Gasteiger partial charge in [-0.1, -0.05) is 35.3 Å². The summed E-state index contributed by atoms with van der Waals surface area (Å²) in [5.41, 5.74) is 4.95. The number of nitrogens with one attached hydrogen (secondary N) is 1. The van der Waals surface area contributed by atoms with Gasteiger partial charge in [0.05, 0.1) is 22.1 Å². The van der Waals surface area contributed by atoms with Crippen molar-refractivity contribution in [3.05, 3.63) is 63.2 Å². The van der Waals surface area contributed by atoms with E-state index in [1.807, 2.05) is 42.8 Å². The fourth-order valence-electron chi connectivity index (χ4n) is 2.98. The van der Waals surface area contributed by atoms with Gasteiger partial charge < -0.3 is 5.32 Å². The van der Waals surface area contributed by atoms with Crippen LogP contribution in [0.3, 0.4) is 0 Å². The van der Waals surface area contributed by atoms with E-state index in [9.17, 15) is 0 Å². The highest BCUT2D eigenvalue weighted by molar-refractivity contribution is 6.33. The summed E-state index contributed by atoms with van der Waals surface area (Å²) < 4.78 is 3.75. The van der Waals surface area contributed by atoms with Crippen molar-refractivity contribution < 1.29 is 0 Å². The molecule has 2 aromatic heterocycles. The number of nitrogens with zero attached hydrogens (tertiary/aromatic N) is 4. The minimum absolute atomic E-state index is 0.599. The van der Waals surface area contributed by atoms with Crippen molar-refractivity contribution >= 4 is 23.2 Å². The standard InChI is InChI=1S/C19H23Cl2N5/c1-13-11-14(2)25(23-13)10-6-9-22-12-16-15(3)24-26(19(16)21)18-8-5-4-7-17(18)20/h4-5,7-8,11,22H,6,9-10,12H2,1-3H3. The molecule has 1 aromatic carbocycles. The molecular formula is C19H23Cl2N5. The molecule has 0 aliphatic carbocycles. The van der Waals surface area contributed by atoms with E-state index >= 15 is 0 Å². The van der Waals surface area contributed by atoms with Crippen LogP contribution in [-0.4, -0.2) is 26.1 Å². The SMILES string of the molecule is Cc1cc(C)n(CCCNCc2c(C)nn(-c3ccccc3Cl)c2Cl)n1. The maximum Gasteiger partial charge on any atom is 0.137 e. The Morgan fingerprint density at radius 2 is 1.85 bits per heavy atom. The van der Waals surface area contributed by atoms with Crippen LogP contribution in [0.15, 0.2) is 30.3 Å². The summed E-state index contributed by atoms with van der Waals surface area (Å²) in [4.78, 5) is 0. The molecule has 1 N–H and O–H groups in total. The van der Waals surface area contributed by atoms with Gasteiger partial charge in [0.1, 0.15) is 5.15 Å². The van der Waals surface area contributed by atoms with Gasteiger partial charge in [0.25, 0.3) is 0 Å². The van der Waals surface area contributed by atoms with Gasteiger partial charge in [-0.15, -0.1) is 0 Å². The van der Waals surface area contributed by atoms with Gasteiger partial charge in [-0.3, -0.25) is 4.68 Å². The Morgan fingerprint density at radius 1 is 1.08 bits per heavy atom. The molecule has 0 aliphatic heterocycles. The predicted octanol–water partition coefficient (Wildman–Crippen LogP) is 4.48. The van der Waals surface area contributed by atoms with Gasteiger partial charge in [-0.05, 0) is 51.9 Å². The summed E-state index contributed by atoms with van der Waals surface area (Å²) in [7, 11) is 0. The molecule has 0 radical (unpaired) electrons. The van der Waals surface area contributed by atoms with E-state index < -0.39 is 0 Å². The Hall–Kier alpha value is -1.82. The minimum Gasteiger partial charge on any atom is -0.312 e. The third kappa shape index (κ3) is 4.11. The number of aryl methyl sites for hydroxylation is 4. The molecule has 0 fully saturated rings.